The third-order valence-corrected chi connectivity index (χ3v) is 4.00. The van der Waals surface area contributed by atoms with Gasteiger partial charge < -0.3 is 10.0 Å². The van der Waals surface area contributed by atoms with Crippen LogP contribution in [-0.4, -0.2) is 39.5 Å². The molecule has 100 valence electrons. The van der Waals surface area contributed by atoms with E-state index < -0.39 is 17.9 Å². The summed E-state index contributed by atoms with van der Waals surface area (Å²) < 4.78 is 1.37. The third kappa shape index (κ3) is 2.79. The molecule has 18 heavy (non-hydrogen) atoms. The van der Waals surface area contributed by atoms with Crippen molar-refractivity contribution in [3.05, 3.63) is 20.2 Å². The predicted molar refractivity (Wildman–Crippen MR) is 67.9 cm³/mol. The highest BCUT2D eigenvalue weighted by Gasteiger charge is 2.22. The van der Waals surface area contributed by atoms with Crippen LogP contribution < -0.4 is 4.87 Å². The van der Waals surface area contributed by atoms with Gasteiger partial charge in [-0.1, -0.05) is 11.3 Å². The first-order valence-electron chi connectivity index (χ1n) is 5.41. The minimum Gasteiger partial charge on any atom is -0.480 e. The number of thiazole rings is 1. The Morgan fingerprint density at radius 2 is 2.00 bits per heavy atom. The van der Waals surface area contributed by atoms with Crippen molar-refractivity contribution in [1.29, 1.82) is 0 Å². The zero-order valence-electron chi connectivity index (χ0n) is 10.8. The van der Waals surface area contributed by atoms with Gasteiger partial charge in [0.05, 0.1) is 0 Å². The SMILES string of the molecule is Cc1sc(=O)n(CC(=O)N(C)C(C)C(=O)O)c1C. The summed E-state index contributed by atoms with van der Waals surface area (Å²) in [6.45, 7) is 4.88. The maximum Gasteiger partial charge on any atom is 0.326 e. The number of aryl methyl sites for hydroxylation is 1. The molecule has 7 heteroatoms. The van der Waals surface area contributed by atoms with Gasteiger partial charge in [0.1, 0.15) is 12.6 Å². The fraction of sp³-hybridized carbons (Fsp3) is 0.545. The normalized spacial score (nSPS) is 12.2. The topological polar surface area (TPSA) is 79.6 Å². The first-order valence-corrected chi connectivity index (χ1v) is 6.22. The lowest BCUT2D eigenvalue weighted by Gasteiger charge is -2.21. The number of hydrogen-bond acceptors (Lipinski definition) is 4. The van der Waals surface area contributed by atoms with Gasteiger partial charge in [0.2, 0.25) is 5.91 Å². The molecule has 0 aromatic carbocycles. The Kier molecular flexibility index (Phi) is 4.28. The molecule has 1 N–H and O–H groups in total. The van der Waals surface area contributed by atoms with Gasteiger partial charge in [-0.25, -0.2) is 4.79 Å². The van der Waals surface area contributed by atoms with Crippen LogP contribution in [0.4, 0.5) is 0 Å². The number of amides is 1. The lowest BCUT2D eigenvalue weighted by atomic mass is 10.3. The highest BCUT2D eigenvalue weighted by atomic mass is 32.1. The largest absolute Gasteiger partial charge is 0.480 e. The molecule has 1 amide bonds. The van der Waals surface area contributed by atoms with Crippen LogP contribution in [0.5, 0.6) is 0 Å². The van der Waals surface area contributed by atoms with E-state index in [1.807, 2.05) is 6.92 Å². The standard InChI is InChI=1S/C11H16N2O4S/c1-6-8(3)18-11(17)13(6)5-9(14)12(4)7(2)10(15)16/h7H,5H2,1-4H3,(H,15,16). The van der Waals surface area contributed by atoms with Crippen molar-refractivity contribution >= 4 is 23.2 Å². The second-order valence-corrected chi connectivity index (χ2v) is 5.28. The Morgan fingerprint density at radius 1 is 1.44 bits per heavy atom. The van der Waals surface area contributed by atoms with E-state index in [2.05, 4.69) is 0 Å². The van der Waals surface area contributed by atoms with Crippen LogP contribution in [-0.2, 0) is 16.1 Å². The molecular weight excluding hydrogens is 256 g/mol. The second-order valence-electron chi connectivity index (χ2n) is 4.11. The van der Waals surface area contributed by atoms with E-state index in [0.29, 0.717) is 0 Å². The van der Waals surface area contributed by atoms with Crippen molar-refractivity contribution in [3.63, 3.8) is 0 Å². The molecule has 0 saturated carbocycles. The molecule has 6 nitrogen and oxygen atoms in total. The highest BCUT2D eigenvalue weighted by Crippen LogP contribution is 2.10. The molecule has 1 atom stereocenters. The number of aliphatic carboxylic acids is 1. The van der Waals surface area contributed by atoms with E-state index in [4.69, 9.17) is 5.11 Å². The van der Waals surface area contributed by atoms with Crippen molar-refractivity contribution in [3.8, 4) is 0 Å². The van der Waals surface area contributed by atoms with Crippen LogP contribution in [0, 0.1) is 13.8 Å². The highest BCUT2D eigenvalue weighted by molar-refractivity contribution is 7.09. The van der Waals surface area contributed by atoms with Crippen molar-refractivity contribution in [2.75, 3.05) is 7.05 Å². The summed E-state index contributed by atoms with van der Waals surface area (Å²) in [5.74, 6) is -1.47. The van der Waals surface area contributed by atoms with Crippen LogP contribution in [0.2, 0.25) is 0 Å². The molecule has 0 fully saturated rings. The van der Waals surface area contributed by atoms with Gasteiger partial charge in [-0.15, -0.1) is 0 Å². The lowest BCUT2D eigenvalue weighted by Crippen LogP contribution is -2.42. The minimum atomic E-state index is -1.07. The van der Waals surface area contributed by atoms with Crippen molar-refractivity contribution in [1.82, 2.24) is 9.47 Å². The van der Waals surface area contributed by atoms with Crippen LogP contribution in [0.25, 0.3) is 0 Å². The van der Waals surface area contributed by atoms with Gasteiger partial charge in [0.15, 0.2) is 0 Å². The summed E-state index contributed by atoms with van der Waals surface area (Å²) in [6, 6.07) is -0.909. The van der Waals surface area contributed by atoms with E-state index >= 15 is 0 Å². The minimum absolute atomic E-state index is 0.122. The summed E-state index contributed by atoms with van der Waals surface area (Å²) in [4.78, 5) is 36.1. The summed E-state index contributed by atoms with van der Waals surface area (Å²) in [6.07, 6.45) is 0. The fourth-order valence-corrected chi connectivity index (χ4v) is 2.23. The number of carbonyl (C=O) groups excluding carboxylic acids is 1. The number of carboxylic acids is 1. The van der Waals surface area contributed by atoms with Crippen molar-refractivity contribution in [2.45, 2.75) is 33.4 Å². The fourth-order valence-electron chi connectivity index (χ4n) is 1.40. The Bertz CT molecular complexity index is 532. The Morgan fingerprint density at radius 3 is 2.39 bits per heavy atom. The van der Waals surface area contributed by atoms with Crippen LogP contribution in [0.1, 0.15) is 17.5 Å². The molecule has 0 radical (unpaired) electrons. The molecule has 0 aliphatic carbocycles. The quantitative estimate of drug-likeness (QED) is 0.863. The molecule has 0 aliphatic rings. The molecule has 1 aromatic rings. The summed E-state index contributed by atoms with van der Waals surface area (Å²) in [5.41, 5.74) is 0.745. The van der Waals surface area contributed by atoms with Gasteiger partial charge in [0.25, 0.3) is 0 Å². The van der Waals surface area contributed by atoms with Crippen molar-refractivity contribution in [2.24, 2.45) is 0 Å². The van der Waals surface area contributed by atoms with Crippen LogP contribution >= 0.6 is 11.3 Å². The van der Waals surface area contributed by atoms with Gasteiger partial charge in [-0.05, 0) is 20.8 Å². The lowest BCUT2D eigenvalue weighted by molar-refractivity contribution is -0.148. The monoisotopic (exact) mass is 272 g/mol. The molecule has 1 aromatic heterocycles. The van der Waals surface area contributed by atoms with E-state index in [9.17, 15) is 14.4 Å². The number of aromatic nitrogens is 1. The van der Waals surface area contributed by atoms with Crippen LogP contribution in [0.3, 0.4) is 0 Å². The summed E-state index contributed by atoms with van der Waals surface area (Å²) >= 11 is 1.08. The van der Waals surface area contributed by atoms with E-state index in [1.165, 1.54) is 18.5 Å². The molecule has 0 saturated heterocycles. The number of hydrogen-bond donors (Lipinski definition) is 1. The van der Waals surface area contributed by atoms with Gasteiger partial charge in [-0.3, -0.25) is 14.2 Å². The number of nitrogens with zero attached hydrogens (tertiary/aromatic N) is 2. The molecule has 0 spiro atoms. The van der Waals surface area contributed by atoms with E-state index in [1.54, 1.807) is 6.92 Å². The molecule has 0 bridgehead atoms. The number of carboxylic acid groups (broad SMARTS) is 1. The first kappa shape index (κ1) is 14.4. The second kappa shape index (κ2) is 5.34. The van der Waals surface area contributed by atoms with Gasteiger partial charge in [-0.2, -0.15) is 0 Å². The maximum atomic E-state index is 11.9. The average Bonchev–Trinajstić information content (AvgIpc) is 2.53. The van der Waals surface area contributed by atoms with Crippen LogP contribution in [0.15, 0.2) is 4.79 Å². The van der Waals surface area contributed by atoms with E-state index in [-0.39, 0.29) is 11.4 Å². The Labute approximate surface area is 108 Å². The zero-order chi connectivity index (χ0) is 14.0. The Balaban J connectivity index is 2.88. The van der Waals surface area contributed by atoms with Gasteiger partial charge >= 0.3 is 10.8 Å². The third-order valence-electron chi connectivity index (χ3n) is 3.00. The Hall–Kier alpha value is -1.63. The van der Waals surface area contributed by atoms with Gasteiger partial charge in [0, 0.05) is 17.6 Å². The molecule has 1 heterocycles. The first-order chi connectivity index (χ1) is 8.25. The number of carbonyl (C=O) groups is 2. The van der Waals surface area contributed by atoms with E-state index in [0.717, 1.165) is 26.8 Å². The predicted octanol–water partition coefficient (Wildman–Crippen LogP) is 0.458. The number of likely N-dealkylation sites (N-methyl/N-ethyl adjacent to an activating group) is 1. The number of rotatable bonds is 4. The summed E-state index contributed by atoms with van der Waals surface area (Å²) in [5, 5.41) is 8.82. The molecule has 1 unspecified atom stereocenters. The summed E-state index contributed by atoms with van der Waals surface area (Å²) in [7, 11) is 1.42. The molecular formula is C11H16N2O4S. The maximum absolute atomic E-state index is 11.9. The van der Waals surface area contributed by atoms with Crippen molar-refractivity contribution < 1.29 is 14.7 Å². The molecule has 1 rings (SSSR count). The average molecular weight is 272 g/mol. The zero-order valence-corrected chi connectivity index (χ0v) is 11.6. The smallest absolute Gasteiger partial charge is 0.326 e. The molecule has 0 aliphatic heterocycles.